The summed E-state index contributed by atoms with van der Waals surface area (Å²) >= 11 is 0. The summed E-state index contributed by atoms with van der Waals surface area (Å²) in [6.07, 6.45) is 7.16. The van der Waals surface area contributed by atoms with E-state index in [0.29, 0.717) is 0 Å². The van der Waals surface area contributed by atoms with Crippen LogP contribution < -0.4 is 0 Å². The third-order valence-corrected chi connectivity index (χ3v) is 2.45. The van der Waals surface area contributed by atoms with E-state index in [9.17, 15) is 0 Å². The molecule has 14 heavy (non-hydrogen) atoms. The van der Waals surface area contributed by atoms with E-state index in [4.69, 9.17) is 0 Å². The summed E-state index contributed by atoms with van der Waals surface area (Å²) in [5.41, 5.74) is 3.00. The van der Waals surface area contributed by atoms with Gasteiger partial charge in [-0.25, -0.2) is 0 Å². The maximum Gasteiger partial charge on any atom is -0.00672 e. The molecule has 0 aliphatic carbocycles. The number of hydrogen-bond acceptors (Lipinski definition) is 0. The molecule has 0 radical (unpaired) electrons. The normalized spacial score (nSPS) is 11.7. The molecule has 0 unspecified atom stereocenters. The van der Waals surface area contributed by atoms with Gasteiger partial charge in [0.25, 0.3) is 0 Å². The van der Waals surface area contributed by atoms with Gasteiger partial charge in [-0.2, -0.15) is 0 Å². The van der Waals surface area contributed by atoms with Crippen LogP contribution in [0.15, 0.2) is 42.0 Å². The molecule has 0 N–H and O–H groups in total. The van der Waals surface area contributed by atoms with Crippen LogP contribution in [0.5, 0.6) is 0 Å². The van der Waals surface area contributed by atoms with Crippen molar-refractivity contribution in [3.8, 4) is 0 Å². The molecule has 1 aromatic rings. The van der Waals surface area contributed by atoms with Crippen molar-refractivity contribution in [1.82, 2.24) is 0 Å². The molecule has 1 aromatic carbocycles. The van der Waals surface area contributed by atoms with E-state index in [1.54, 1.807) is 5.57 Å². The first-order valence-electron chi connectivity index (χ1n) is 5.58. The Bertz CT molecular complexity index is 269. The Balaban J connectivity index is 2.57. The highest BCUT2D eigenvalue weighted by Crippen LogP contribution is 2.12. The molecule has 0 spiro atoms. The van der Waals surface area contributed by atoms with E-state index < -0.39 is 0 Å². The van der Waals surface area contributed by atoms with E-state index in [1.165, 1.54) is 24.8 Å². The Kier molecular flexibility index (Phi) is 5.06. The van der Waals surface area contributed by atoms with Gasteiger partial charge in [-0.15, -0.1) is 0 Å². The second kappa shape index (κ2) is 6.42. The lowest BCUT2D eigenvalue weighted by molar-refractivity contribution is 0.912. The molecule has 0 aliphatic rings. The fraction of sp³-hybridized carbons (Fsp3) is 0.429. The molecule has 0 amide bonds. The molecule has 0 saturated heterocycles. The Morgan fingerprint density at radius 2 is 1.86 bits per heavy atom. The van der Waals surface area contributed by atoms with Gasteiger partial charge in [0.1, 0.15) is 0 Å². The molecule has 0 heteroatoms. The zero-order chi connectivity index (χ0) is 10.2. The third-order valence-electron chi connectivity index (χ3n) is 2.45. The summed E-state index contributed by atoms with van der Waals surface area (Å²) in [6.45, 7) is 4.47. The number of benzene rings is 1. The minimum absolute atomic E-state index is 1.12. The van der Waals surface area contributed by atoms with Crippen molar-refractivity contribution in [1.29, 1.82) is 0 Å². The molecule has 0 bridgehead atoms. The first kappa shape index (κ1) is 11.0. The largest absolute Gasteiger partial charge is 0.0850 e. The molecule has 0 heterocycles. The van der Waals surface area contributed by atoms with Crippen LogP contribution in [0.4, 0.5) is 0 Å². The summed E-state index contributed by atoms with van der Waals surface area (Å²) in [6, 6.07) is 10.7. The number of allylic oxidation sites excluding steroid dienone is 2. The van der Waals surface area contributed by atoms with Crippen LogP contribution in [0.25, 0.3) is 0 Å². The van der Waals surface area contributed by atoms with Gasteiger partial charge >= 0.3 is 0 Å². The number of hydrogen-bond donors (Lipinski definition) is 0. The summed E-state index contributed by atoms with van der Waals surface area (Å²) < 4.78 is 0. The van der Waals surface area contributed by atoms with Crippen molar-refractivity contribution < 1.29 is 0 Å². The summed E-state index contributed by atoms with van der Waals surface area (Å²) in [5.74, 6) is 0. The van der Waals surface area contributed by atoms with Gasteiger partial charge in [-0.3, -0.25) is 0 Å². The minimum Gasteiger partial charge on any atom is -0.0850 e. The van der Waals surface area contributed by atoms with Gasteiger partial charge in [0, 0.05) is 0 Å². The fourth-order valence-corrected chi connectivity index (χ4v) is 1.55. The molecule has 0 saturated carbocycles. The Hall–Kier alpha value is -1.04. The lowest BCUT2D eigenvalue weighted by Gasteiger charge is -2.04. The highest BCUT2D eigenvalue weighted by molar-refractivity contribution is 5.21. The molecular weight excluding hydrogens is 168 g/mol. The topological polar surface area (TPSA) is 0 Å². The minimum atomic E-state index is 1.12. The van der Waals surface area contributed by atoms with Crippen molar-refractivity contribution in [3.05, 3.63) is 47.5 Å². The molecule has 0 aliphatic heterocycles. The highest BCUT2D eigenvalue weighted by Gasteiger charge is 1.95. The molecule has 0 fully saturated rings. The first-order valence-corrected chi connectivity index (χ1v) is 5.58. The maximum absolute atomic E-state index is 2.40. The van der Waals surface area contributed by atoms with Crippen molar-refractivity contribution in [2.75, 3.05) is 0 Å². The third kappa shape index (κ3) is 3.78. The number of rotatable bonds is 5. The maximum atomic E-state index is 2.40. The SMILES string of the molecule is CCCC=C(CC)Cc1ccccc1. The van der Waals surface area contributed by atoms with Gasteiger partial charge in [-0.05, 0) is 24.8 Å². The smallest absolute Gasteiger partial charge is 0.00672 e. The van der Waals surface area contributed by atoms with Gasteiger partial charge in [0.15, 0.2) is 0 Å². The van der Waals surface area contributed by atoms with Gasteiger partial charge in [0.2, 0.25) is 0 Å². The van der Waals surface area contributed by atoms with E-state index in [1.807, 2.05) is 0 Å². The highest BCUT2D eigenvalue weighted by atomic mass is 14.0. The Morgan fingerprint density at radius 3 is 2.43 bits per heavy atom. The van der Waals surface area contributed by atoms with Crippen molar-refractivity contribution in [2.24, 2.45) is 0 Å². The van der Waals surface area contributed by atoms with Crippen LogP contribution in [-0.2, 0) is 6.42 Å². The van der Waals surface area contributed by atoms with Crippen molar-refractivity contribution in [2.45, 2.75) is 39.5 Å². The second-order valence-corrected chi connectivity index (χ2v) is 3.67. The van der Waals surface area contributed by atoms with Crippen LogP contribution in [0.2, 0.25) is 0 Å². The summed E-state index contributed by atoms with van der Waals surface area (Å²) in [4.78, 5) is 0. The molecule has 0 aromatic heterocycles. The number of unbranched alkanes of at least 4 members (excludes halogenated alkanes) is 1. The quantitative estimate of drug-likeness (QED) is 0.602. The summed E-state index contributed by atoms with van der Waals surface area (Å²) in [7, 11) is 0. The summed E-state index contributed by atoms with van der Waals surface area (Å²) in [5, 5.41) is 0. The zero-order valence-electron chi connectivity index (χ0n) is 9.29. The van der Waals surface area contributed by atoms with E-state index >= 15 is 0 Å². The van der Waals surface area contributed by atoms with Gasteiger partial charge in [0.05, 0.1) is 0 Å². The average molecular weight is 188 g/mol. The van der Waals surface area contributed by atoms with Crippen molar-refractivity contribution >= 4 is 0 Å². The first-order chi connectivity index (χ1) is 6.86. The molecule has 0 nitrogen and oxygen atoms in total. The lowest BCUT2D eigenvalue weighted by Crippen LogP contribution is -1.89. The Morgan fingerprint density at radius 1 is 1.14 bits per heavy atom. The monoisotopic (exact) mass is 188 g/mol. The van der Waals surface area contributed by atoms with Crippen molar-refractivity contribution in [3.63, 3.8) is 0 Å². The van der Waals surface area contributed by atoms with Gasteiger partial charge < -0.3 is 0 Å². The van der Waals surface area contributed by atoms with Crippen LogP contribution in [0, 0.1) is 0 Å². The lowest BCUT2D eigenvalue weighted by atomic mass is 10.0. The molecule has 76 valence electrons. The van der Waals surface area contributed by atoms with E-state index in [0.717, 1.165) is 6.42 Å². The van der Waals surface area contributed by atoms with Crippen LogP contribution in [-0.4, -0.2) is 0 Å². The standard InChI is InChI=1S/C14H20/c1-3-5-9-13(4-2)12-14-10-7-6-8-11-14/h6-11H,3-5,12H2,1-2H3. The fourth-order valence-electron chi connectivity index (χ4n) is 1.55. The second-order valence-electron chi connectivity index (χ2n) is 3.67. The molecule has 0 atom stereocenters. The predicted molar refractivity (Wildman–Crippen MR) is 63.4 cm³/mol. The molecule has 1 rings (SSSR count). The average Bonchev–Trinajstić information content (AvgIpc) is 2.25. The molecular formula is C14H20. The van der Waals surface area contributed by atoms with E-state index in [-0.39, 0.29) is 0 Å². The Labute approximate surface area is 87.7 Å². The van der Waals surface area contributed by atoms with E-state index in [2.05, 4.69) is 50.3 Å². The van der Waals surface area contributed by atoms with Gasteiger partial charge in [-0.1, -0.05) is 62.2 Å². The zero-order valence-corrected chi connectivity index (χ0v) is 9.29. The van der Waals surface area contributed by atoms with Crippen LogP contribution in [0.3, 0.4) is 0 Å². The van der Waals surface area contributed by atoms with Crippen LogP contribution >= 0.6 is 0 Å². The predicted octanol–water partition coefficient (Wildman–Crippen LogP) is 4.37. The van der Waals surface area contributed by atoms with Crippen LogP contribution in [0.1, 0.15) is 38.7 Å².